The highest BCUT2D eigenvalue weighted by Gasteiger charge is 2.35. The van der Waals surface area contributed by atoms with Gasteiger partial charge in [0.25, 0.3) is 0 Å². The molecule has 0 spiro atoms. The smallest absolute Gasteiger partial charge is 0.314 e. The van der Waals surface area contributed by atoms with Crippen LogP contribution >= 0.6 is 23.7 Å². The second-order valence-electron chi connectivity index (χ2n) is 5.44. The second kappa shape index (κ2) is 7.82. The van der Waals surface area contributed by atoms with Crippen molar-refractivity contribution in [2.75, 3.05) is 26.2 Å². The van der Waals surface area contributed by atoms with E-state index in [1.165, 1.54) is 17.4 Å². The van der Waals surface area contributed by atoms with Crippen molar-refractivity contribution in [2.45, 2.75) is 12.2 Å². The lowest BCUT2D eigenvalue weighted by atomic mass is 10.0. The minimum Gasteiger partial charge on any atom is -0.314 e. The maximum absolute atomic E-state index is 14.0. The van der Waals surface area contributed by atoms with Crippen LogP contribution in [0.5, 0.6) is 0 Å². The maximum atomic E-state index is 14.0. The quantitative estimate of drug-likeness (QED) is 0.798. The van der Waals surface area contributed by atoms with Gasteiger partial charge in [0.1, 0.15) is 5.82 Å². The van der Waals surface area contributed by atoms with Crippen LogP contribution in [0.15, 0.2) is 35.7 Å². The summed E-state index contributed by atoms with van der Waals surface area (Å²) >= 11 is 1.53. The Balaban J connectivity index is 0.00000208. The van der Waals surface area contributed by atoms with Crippen molar-refractivity contribution in [2.24, 2.45) is 0 Å². The molecule has 0 amide bonds. The monoisotopic (exact) mass is 380 g/mol. The predicted molar refractivity (Wildman–Crippen MR) is 89.3 cm³/mol. The maximum Gasteiger partial charge on any atom is 0.419 e. The zero-order valence-electron chi connectivity index (χ0n) is 12.6. The van der Waals surface area contributed by atoms with E-state index in [0.29, 0.717) is 5.56 Å². The molecule has 2 heterocycles. The van der Waals surface area contributed by atoms with Crippen molar-refractivity contribution in [1.82, 2.24) is 10.2 Å². The molecule has 1 aliphatic rings. The normalized spacial score (nSPS) is 17.3. The lowest BCUT2D eigenvalue weighted by Crippen LogP contribution is -2.45. The Bertz CT molecular complexity index is 655. The Morgan fingerprint density at radius 2 is 1.83 bits per heavy atom. The fourth-order valence-corrected chi connectivity index (χ4v) is 3.76. The van der Waals surface area contributed by atoms with Gasteiger partial charge in [-0.15, -0.1) is 23.7 Å². The first kappa shape index (κ1) is 19.2. The lowest BCUT2D eigenvalue weighted by Gasteiger charge is -2.35. The van der Waals surface area contributed by atoms with E-state index in [1.54, 1.807) is 0 Å². The van der Waals surface area contributed by atoms with E-state index in [-0.39, 0.29) is 18.4 Å². The van der Waals surface area contributed by atoms with Crippen LogP contribution in [-0.2, 0) is 6.18 Å². The zero-order valence-corrected chi connectivity index (χ0v) is 14.3. The molecule has 1 fully saturated rings. The number of piperazine rings is 1. The Morgan fingerprint density at radius 3 is 2.38 bits per heavy atom. The van der Waals surface area contributed by atoms with Gasteiger partial charge in [0.05, 0.1) is 11.6 Å². The van der Waals surface area contributed by atoms with Gasteiger partial charge < -0.3 is 5.32 Å². The molecule has 0 aliphatic carbocycles. The third-order valence-corrected chi connectivity index (χ3v) is 4.87. The highest BCUT2D eigenvalue weighted by molar-refractivity contribution is 7.10. The molecule has 1 atom stereocenters. The Labute approximate surface area is 147 Å². The molecule has 0 unspecified atom stereocenters. The number of hydrogen-bond donors (Lipinski definition) is 1. The average Bonchev–Trinajstić information content (AvgIpc) is 3.01. The van der Waals surface area contributed by atoms with Gasteiger partial charge in [-0.2, -0.15) is 13.2 Å². The zero-order chi connectivity index (χ0) is 16.4. The van der Waals surface area contributed by atoms with E-state index in [2.05, 4.69) is 10.2 Å². The predicted octanol–water partition coefficient (Wildman–Crippen LogP) is 4.32. The first-order valence-corrected chi connectivity index (χ1v) is 8.19. The van der Waals surface area contributed by atoms with E-state index < -0.39 is 17.6 Å². The van der Waals surface area contributed by atoms with Crippen LogP contribution in [0.4, 0.5) is 17.6 Å². The van der Waals surface area contributed by atoms with Crippen LogP contribution in [0.2, 0.25) is 0 Å². The third kappa shape index (κ3) is 4.08. The Kier molecular flexibility index (Phi) is 6.25. The van der Waals surface area contributed by atoms with Crippen LogP contribution in [0, 0.1) is 5.82 Å². The van der Waals surface area contributed by atoms with Gasteiger partial charge in [0.2, 0.25) is 0 Å². The summed E-state index contributed by atoms with van der Waals surface area (Å²) in [5, 5.41) is 5.17. The van der Waals surface area contributed by atoms with Gasteiger partial charge in [-0.3, -0.25) is 4.90 Å². The van der Waals surface area contributed by atoms with Crippen molar-refractivity contribution in [3.63, 3.8) is 0 Å². The highest BCUT2D eigenvalue weighted by Crippen LogP contribution is 2.36. The topological polar surface area (TPSA) is 15.3 Å². The fourth-order valence-electron chi connectivity index (χ4n) is 2.87. The Hall–Kier alpha value is -1.15. The van der Waals surface area contributed by atoms with E-state index in [0.717, 1.165) is 43.2 Å². The molecule has 132 valence electrons. The molecule has 1 aromatic carbocycles. The van der Waals surface area contributed by atoms with Crippen molar-refractivity contribution in [3.05, 3.63) is 57.5 Å². The molecule has 1 aromatic heterocycles. The summed E-state index contributed by atoms with van der Waals surface area (Å²) in [7, 11) is 0. The summed E-state index contributed by atoms with van der Waals surface area (Å²) in [6, 6.07) is 6.87. The number of hydrogen-bond acceptors (Lipinski definition) is 3. The van der Waals surface area contributed by atoms with Crippen molar-refractivity contribution >= 4 is 23.7 Å². The second-order valence-corrected chi connectivity index (χ2v) is 6.42. The first-order chi connectivity index (χ1) is 11.0. The molecule has 3 rings (SSSR count). The van der Waals surface area contributed by atoms with Crippen LogP contribution in [-0.4, -0.2) is 31.1 Å². The van der Waals surface area contributed by atoms with E-state index in [1.807, 2.05) is 17.5 Å². The van der Waals surface area contributed by atoms with Crippen molar-refractivity contribution < 1.29 is 17.6 Å². The SMILES string of the molecule is Cl.Fc1cc([C@@H](c2cccs2)N2CCNCC2)ccc1C(F)(F)F. The van der Waals surface area contributed by atoms with Crippen LogP contribution in [0.3, 0.4) is 0 Å². The summed E-state index contributed by atoms with van der Waals surface area (Å²) in [4.78, 5) is 3.18. The van der Waals surface area contributed by atoms with E-state index >= 15 is 0 Å². The number of benzene rings is 1. The van der Waals surface area contributed by atoms with Crippen LogP contribution in [0.1, 0.15) is 22.0 Å². The molecule has 2 aromatic rings. The summed E-state index contributed by atoms with van der Waals surface area (Å²) in [6.07, 6.45) is -4.67. The summed E-state index contributed by atoms with van der Waals surface area (Å²) in [6.45, 7) is 3.16. The molecule has 8 heteroatoms. The molecular formula is C16H17ClF4N2S. The first-order valence-electron chi connectivity index (χ1n) is 7.31. The van der Waals surface area contributed by atoms with Crippen molar-refractivity contribution in [3.8, 4) is 0 Å². The van der Waals surface area contributed by atoms with Gasteiger partial charge in [0.15, 0.2) is 0 Å². The lowest BCUT2D eigenvalue weighted by molar-refractivity contribution is -0.140. The largest absolute Gasteiger partial charge is 0.419 e. The summed E-state index contributed by atoms with van der Waals surface area (Å²) in [5.74, 6) is -1.22. The number of alkyl halides is 3. The average molecular weight is 381 g/mol. The third-order valence-electron chi connectivity index (χ3n) is 3.94. The Morgan fingerprint density at radius 1 is 1.12 bits per heavy atom. The minimum atomic E-state index is -4.67. The van der Waals surface area contributed by atoms with Gasteiger partial charge in [-0.05, 0) is 29.1 Å². The molecule has 0 bridgehead atoms. The summed E-state index contributed by atoms with van der Waals surface area (Å²) in [5.41, 5.74) is -0.661. The molecular weight excluding hydrogens is 364 g/mol. The highest BCUT2D eigenvalue weighted by atomic mass is 35.5. The van der Waals surface area contributed by atoms with Crippen LogP contribution < -0.4 is 5.32 Å². The number of thiophene rings is 1. The standard InChI is InChI=1S/C16H16F4N2S.ClH/c17-13-10-11(3-4-12(13)16(18,19)20)15(14-2-1-9-23-14)22-7-5-21-6-8-22;/h1-4,9-10,15,21H,5-8H2;1H/t15-;/m0./s1. The van der Waals surface area contributed by atoms with Gasteiger partial charge in [-0.1, -0.05) is 12.1 Å². The summed E-state index contributed by atoms with van der Waals surface area (Å²) < 4.78 is 52.2. The van der Waals surface area contributed by atoms with Crippen molar-refractivity contribution in [1.29, 1.82) is 0 Å². The fraction of sp³-hybridized carbons (Fsp3) is 0.375. The van der Waals surface area contributed by atoms with E-state index in [9.17, 15) is 17.6 Å². The van der Waals surface area contributed by atoms with Crippen LogP contribution in [0.25, 0.3) is 0 Å². The minimum absolute atomic E-state index is 0. The molecule has 0 radical (unpaired) electrons. The number of rotatable bonds is 3. The molecule has 1 saturated heterocycles. The number of nitrogens with one attached hydrogen (secondary N) is 1. The molecule has 1 N–H and O–H groups in total. The molecule has 0 saturated carbocycles. The van der Waals surface area contributed by atoms with Gasteiger partial charge >= 0.3 is 6.18 Å². The van der Waals surface area contributed by atoms with E-state index in [4.69, 9.17) is 0 Å². The molecule has 1 aliphatic heterocycles. The van der Waals surface area contributed by atoms with Gasteiger partial charge in [-0.25, -0.2) is 4.39 Å². The molecule has 24 heavy (non-hydrogen) atoms. The number of halogens is 5. The van der Waals surface area contributed by atoms with Gasteiger partial charge in [0, 0.05) is 31.1 Å². The number of nitrogens with zero attached hydrogens (tertiary/aromatic N) is 1. The molecule has 2 nitrogen and oxygen atoms in total.